The summed E-state index contributed by atoms with van der Waals surface area (Å²) in [6.07, 6.45) is 2.94. The topological polar surface area (TPSA) is 93.0 Å². The largest absolute Gasteiger partial charge is 0.420 e. The van der Waals surface area contributed by atoms with Crippen LogP contribution in [0.5, 0.6) is 0 Å². The third kappa shape index (κ3) is 5.21. The van der Waals surface area contributed by atoms with E-state index in [0.717, 1.165) is 68.3 Å². The average Bonchev–Trinajstić information content (AvgIpc) is 3.33. The van der Waals surface area contributed by atoms with Crippen LogP contribution in [0.4, 0.5) is 24.8 Å². The first-order valence-electron chi connectivity index (χ1n) is 11.3. The van der Waals surface area contributed by atoms with E-state index < -0.39 is 21.6 Å². The molecule has 13 heteroatoms. The van der Waals surface area contributed by atoms with E-state index in [4.69, 9.17) is 5.10 Å². The van der Waals surface area contributed by atoms with Crippen molar-refractivity contribution in [3.8, 4) is 10.6 Å². The Hall–Kier alpha value is -2.51. The number of nitrogens with zero attached hydrogens (tertiary/aromatic N) is 5. The zero-order chi connectivity index (χ0) is 25.0. The smallest absolute Gasteiger partial charge is 0.321 e. The van der Waals surface area contributed by atoms with Gasteiger partial charge in [0, 0.05) is 29.9 Å². The number of aromatic nitrogens is 4. The van der Waals surface area contributed by atoms with E-state index in [1.807, 2.05) is 10.9 Å². The molecule has 1 aliphatic carbocycles. The summed E-state index contributed by atoms with van der Waals surface area (Å²) >= 11 is 0.898. The molecule has 0 unspecified atom stereocenters. The molecule has 4 heterocycles. The molecular weight excluding hydrogens is 501 g/mol. The zero-order valence-corrected chi connectivity index (χ0v) is 20.8. The Morgan fingerprint density at radius 3 is 2.49 bits per heavy atom. The Bertz CT molecular complexity index is 1340. The molecule has 1 N–H and O–H groups in total. The molecule has 5 rings (SSSR count). The molecule has 0 aromatic carbocycles. The SMILES string of the molecule is CN1CCC(n2cc(Nc3ncc(C(F)(F)F)c(-c4cc(S(C)(=O)=O)cs4)n3)c(C3CC3)n2)CC1. The fraction of sp³-hybridized carbons (Fsp3) is 0.500. The summed E-state index contributed by atoms with van der Waals surface area (Å²) in [6, 6.07) is 1.48. The lowest BCUT2D eigenvalue weighted by molar-refractivity contribution is -0.137. The van der Waals surface area contributed by atoms with Crippen LogP contribution < -0.4 is 5.32 Å². The molecule has 3 aromatic heterocycles. The number of anilines is 2. The van der Waals surface area contributed by atoms with Crippen LogP contribution in [0.2, 0.25) is 0 Å². The van der Waals surface area contributed by atoms with E-state index >= 15 is 0 Å². The average molecular weight is 527 g/mol. The number of thiophene rings is 1. The fourth-order valence-electron chi connectivity index (χ4n) is 4.20. The Balaban J connectivity index is 1.49. The van der Waals surface area contributed by atoms with Gasteiger partial charge in [0.2, 0.25) is 5.95 Å². The van der Waals surface area contributed by atoms with Crippen molar-refractivity contribution < 1.29 is 21.6 Å². The second-order valence-corrected chi connectivity index (χ2v) is 12.1. The number of halogens is 3. The van der Waals surface area contributed by atoms with Crippen LogP contribution in [0.15, 0.2) is 28.7 Å². The highest BCUT2D eigenvalue weighted by molar-refractivity contribution is 7.90. The number of hydrogen-bond acceptors (Lipinski definition) is 8. The van der Waals surface area contributed by atoms with E-state index in [1.54, 1.807) is 0 Å². The summed E-state index contributed by atoms with van der Waals surface area (Å²) in [4.78, 5) is 10.5. The molecule has 0 radical (unpaired) electrons. The summed E-state index contributed by atoms with van der Waals surface area (Å²) in [5, 5.41) is 9.23. The van der Waals surface area contributed by atoms with Gasteiger partial charge in [0.05, 0.1) is 32.9 Å². The molecule has 3 aromatic rings. The van der Waals surface area contributed by atoms with Gasteiger partial charge in [0.1, 0.15) is 5.56 Å². The molecule has 1 saturated heterocycles. The van der Waals surface area contributed by atoms with Gasteiger partial charge >= 0.3 is 6.18 Å². The summed E-state index contributed by atoms with van der Waals surface area (Å²) in [6.45, 7) is 1.96. The third-order valence-corrected chi connectivity index (χ3v) is 8.54. The number of piperidine rings is 1. The van der Waals surface area contributed by atoms with Crippen LogP contribution in [0, 0.1) is 0 Å². The summed E-state index contributed by atoms with van der Waals surface area (Å²) in [5.41, 5.74) is 0.199. The van der Waals surface area contributed by atoms with Crippen LogP contribution in [-0.4, -0.2) is 59.5 Å². The third-order valence-electron chi connectivity index (χ3n) is 6.36. The highest BCUT2D eigenvalue weighted by Crippen LogP contribution is 2.44. The van der Waals surface area contributed by atoms with Gasteiger partial charge in [-0.1, -0.05) is 0 Å². The monoisotopic (exact) mass is 526 g/mol. The van der Waals surface area contributed by atoms with Crippen molar-refractivity contribution in [3.63, 3.8) is 0 Å². The number of alkyl halides is 3. The predicted molar refractivity (Wildman–Crippen MR) is 127 cm³/mol. The Kier molecular flexibility index (Phi) is 6.12. The fourth-order valence-corrected chi connectivity index (χ4v) is 6.23. The summed E-state index contributed by atoms with van der Waals surface area (Å²) < 4.78 is 66.8. The maximum atomic E-state index is 13.7. The van der Waals surface area contributed by atoms with Crippen LogP contribution >= 0.6 is 11.3 Å². The molecule has 0 spiro atoms. The molecule has 8 nitrogen and oxygen atoms in total. The van der Waals surface area contributed by atoms with Crippen LogP contribution in [0.1, 0.15) is 48.9 Å². The lowest BCUT2D eigenvalue weighted by Crippen LogP contribution is -2.31. The zero-order valence-electron chi connectivity index (χ0n) is 19.2. The molecule has 1 aliphatic heterocycles. The second-order valence-electron chi connectivity index (χ2n) is 9.21. The Morgan fingerprint density at radius 1 is 1.17 bits per heavy atom. The van der Waals surface area contributed by atoms with Gasteiger partial charge in [0.25, 0.3) is 0 Å². The van der Waals surface area contributed by atoms with E-state index in [-0.39, 0.29) is 27.5 Å². The standard InChI is InChI=1S/C22H25F3N6O2S2/c1-30-7-5-14(6-8-30)31-11-17(19(29-31)13-3-4-13)27-21-26-10-16(22(23,24)25)20(28-21)18-9-15(12-34-18)35(2,32)33/h9-14H,3-8H2,1-2H3,(H,26,27,28). The number of nitrogens with one attached hydrogen (secondary N) is 1. The van der Waals surface area contributed by atoms with Crippen molar-refractivity contribution in [1.29, 1.82) is 0 Å². The maximum absolute atomic E-state index is 13.7. The minimum absolute atomic E-state index is 0.00660. The van der Waals surface area contributed by atoms with Crippen LogP contribution in [0.3, 0.4) is 0 Å². The second kappa shape index (κ2) is 8.86. The molecule has 188 valence electrons. The Morgan fingerprint density at radius 2 is 1.89 bits per heavy atom. The van der Waals surface area contributed by atoms with Gasteiger partial charge in [-0.3, -0.25) is 4.68 Å². The van der Waals surface area contributed by atoms with Gasteiger partial charge < -0.3 is 10.2 Å². The first-order chi connectivity index (χ1) is 16.5. The normalized spacial score (nSPS) is 18.2. The number of rotatable bonds is 6. The highest BCUT2D eigenvalue weighted by atomic mass is 32.2. The molecule has 0 amide bonds. The van der Waals surface area contributed by atoms with E-state index in [0.29, 0.717) is 11.6 Å². The number of hydrogen-bond donors (Lipinski definition) is 1. The summed E-state index contributed by atoms with van der Waals surface area (Å²) in [5.74, 6) is 0.320. The first kappa shape index (κ1) is 24.2. The van der Waals surface area contributed by atoms with Gasteiger partial charge in [-0.15, -0.1) is 11.3 Å². The van der Waals surface area contributed by atoms with Crippen molar-refractivity contribution in [1.82, 2.24) is 24.6 Å². The van der Waals surface area contributed by atoms with Crippen molar-refractivity contribution >= 4 is 32.8 Å². The molecule has 35 heavy (non-hydrogen) atoms. The van der Waals surface area contributed by atoms with Gasteiger partial charge in [-0.25, -0.2) is 18.4 Å². The number of likely N-dealkylation sites (tertiary alicyclic amines) is 1. The molecule has 0 bridgehead atoms. The van der Waals surface area contributed by atoms with Crippen molar-refractivity contribution in [3.05, 3.63) is 35.1 Å². The molecular formula is C22H25F3N6O2S2. The molecule has 0 atom stereocenters. The van der Waals surface area contributed by atoms with Gasteiger partial charge in [-0.2, -0.15) is 18.3 Å². The van der Waals surface area contributed by atoms with Gasteiger partial charge in [-0.05, 0) is 51.9 Å². The summed E-state index contributed by atoms with van der Waals surface area (Å²) in [7, 11) is -1.47. The lowest BCUT2D eigenvalue weighted by atomic mass is 10.1. The molecule has 2 aliphatic rings. The van der Waals surface area contributed by atoms with Crippen LogP contribution in [0.25, 0.3) is 10.6 Å². The minimum Gasteiger partial charge on any atom is -0.321 e. The lowest BCUT2D eigenvalue weighted by Gasteiger charge is -2.29. The quantitative estimate of drug-likeness (QED) is 0.497. The Labute approximate surface area is 205 Å². The molecule has 1 saturated carbocycles. The molecule has 2 fully saturated rings. The van der Waals surface area contributed by atoms with Crippen LogP contribution in [-0.2, 0) is 16.0 Å². The van der Waals surface area contributed by atoms with Crippen molar-refractivity contribution in [2.24, 2.45) is 0 Å². The van der Waals surface area contributed by atoms with E-state index in [2.05, 4.69) is 27.2 Å². The highest BCUT2D eigenvalue weighted by Gasteiger charge is 2.36. The number of sulfone groups is 1. The predicted octanol–water partition coefficient (Wildman–Crippen LogP) is 4.71. The first-order valence-corrected chi connectivity index (χ1v) is 14.0. The van der Waals surface area contributed by atoms with Crippen molar-refractivity contribution in [2.45, 2.75) is 48.7 Å². The maximum Gasteiger partial charge on any atom is 0.420 e. The van der Waals surface area contributed by atoms with E-state index in [1.165, 1.54) is 11.4 Å². The van der Waals surface area contributed by atoms with Gasteiger partial charge in [0.15, 0.2) is 9.84 Å². The van der Waals surface area contributed by atoms with Crippen molar-refractivity contribution in [2.75, 3.05) is 31.7 Å². The minimum atomic E-state index is -4.69. The van der Waals surface area contributed by atoms with E-state index in [9.17, 15) is 21.6 Å².